The fourth-order valence-corrected chi connectivity index (χ4v) is 2.47. The molecule has 0 unspecified atom stereocenters. The molecule has 0 heterocycles. The monoisotopic (exact) mass is 267 g/mol. The van der Waals surface area contributed by atoms with Gasteiger partial charge in [0.1, 0.15) is 0 Å². The van der Waals surface area contributed by atoms with E-state index in [9.17, 15) is 0 Å². The third-order valence-electron chi connectivity index (χ3n) is 3.75. The summed E-state index contributed by atoms with van der Waals surface area (Å²) in [6.45, 7) is 7.45. The van der Waals surface area contributed by atoms with Crippen molar-refractivity contribution in [2.75, 3.05) is 6.54 Å². The van der Waals surface area contributed by atoms with Gasteiger partial charge in [-0.3, -0.25) is 0 Å². The van der Waals surface area contributed by atoms with E-state index in [1.165, 1.54) is 22.3 Å². The largest absolute Gasteiger partial charge is 0.330 e. The molecule has 0 aliphatic heterocycles. The van der Waals surface area contributed by atoms with E-state index in [1.807, 2.05) is 0 Å². The van der Waals surface area contributed by atoms with E-state index in [0.29, 0.717) is 6.54 Å². The zero-order valence-electron chi connectivity index (χ0n) is 12.8. The van der Waals surface area contributed by atoms with Crippen molar-refractivity contribution in [1.82, 2.24) is 0 Å². The second kappa shape index (κ2) is 6.23. The SMILES string of the molecule is CC(C)(C)c1ccc(Cc2ccccc2CCN)cc1. The normalized spacial score (nSPS) is 11.6. The molecule has 0 spiro atoms. The third-order valence-corrected chi connectivity index (χ3v) is 3.75. The summed E-state index contributed by atoms with van der Waals surface area (Å²) in [5.74, 6) is 0. The predicted molar refractivity (Wildman–Crippen MR) is 87.1 cm³/mol. The molecule has 2 aromatic rings. The van der Waals surface area contributed by atoms with Crippen LogP contribution in [0.2, 0.25) is 0 Å². The second-order valence-electron chi connectivity index (χ2n) is 6.43. The summed E-state index contributed by atoms with van der Waals surface area (Å²) in [4.78, 5) is 0. The van der Waals surface area contributed by atoms with E-state index in [0.717, 1.165) is 12.8 Å². The highest BCUT2D eigenvalue weighted by Crippen LogP contribution is 2.23. The molecule has 0 aliphatic carbocycles. The average Bonchev–Trinajstić information content (AvgIpc) is 2.41. The Hall–Kier alpha value is -1.60. The highest BCUT2D eigenvalue weighted by molar-refractivity contribution is 5.35. The van der Waals surface area contributed by atoms with Crippen LogP contribution in [0.5, 0.6) is 0 Å². The van der Waals surface area contributed by atoms with Crippen molar-refractivity contribution >= 4 is 0 Å². The van der Waals surface area contributed by atoms with Crippen molar-refractivity contribution in [1.29, 1.82) is 0 Å². The van der Waals surface area contributed by atoms with Gasteiger partial charge in [-0.25, -0.2) is 0 Å². The van der Waals surface area contributed by atoms with Gasteiger partial charge >= 0.3 is 0 Å². The van der Waals surface area contributed by atoms with E-state index in [2.05, 4.69) is 69.3 Å². The van der Waals surface area contributed by atoms with E-state index < -0.39 is 0 Å². The second-order valence-corrected chi connectivity index (χ2v) is 6.43. The summed E-state index contributed by atoms with van der Waals surface area (Å²) in [6.07, 6.45) is 1.94. The lowest BCUT2D eigenvalue weighted by atomic mass is 9.86. The van der Waals surface area contributed by atoms with Crippen molar-refractivity contribution in [3.05, 3.63) is 70.8 Å². The first-order valence-electron chi connectivity index (χ1n) is 7.37. The molecule has 0 fully saturated rings. The van der Waals surface area contributed by atoms with Crippen molar-refractivity contribution in [3.8, 4) is 0 Å². The Bertz CT molecular complexity index is 547. The molecule has 0 aliphatic rings. The lowest BCUT2D eigenvalue weighted by Crippen LogP contribution is -2.10. The molecule has 0 radical (unpaired) electrons. The predicted octanol–water partition coefficient (Wildman–Crippen LogP) is 4.08. The molecule has 0 saturated carbocycles. The number of rotatable bonds is 4. The highest BCUT2D eigenvalue weighted by Gasteiger charge is 2.13. The molecule has 0 saturated heterocycles. The molecule has 2 rings (SSSR count). The molecule has 2 N–H and O–H groups in total. The molecule has 0 aromatic heterocycles. The number of hydrogen-bond donors (Lipinski definition) is 1. The van der Waals surface area contributed by atoms with Crippen LogP contribution >= 0.6 is 0 Å². The minimum atomic E-state index is 0.218. The van der Waals surface area contributed by atoms with Crippen molar-refractivity contribution in [2.24, 2.45) is 5.73 Å². The minimum absolute atomic E-state index is 0.218. The van der Waals surface area contributed by atoms with Gasteiger partial charge in [0, 0.05) is 0 Å². The molecule has 106 valence electrons. The maximum atomic E-state index is 5.69. The van der Waals surface area contributed by atoms with Crippen LogP contribution in [-0.2, 0) is 18.3 Å². The Morgan fingerprint density at radius 2 is 1.45 bits per heavy atom. The van der Waals surface area contributed by atoms with Gasteiger partial charge in [0.25, 0.3) is 0 Å². The average molecular weight is 267 g/mol. The van der Waals surface area contributed by atoms with Crippen LogP contribution < -0.4 is 5.73 Å². The Balaban J connectivity index is 2.18. The van der Waals surface area contributed by atoms with Gasteiger partial charge in [-0.2, -0.15) is 0 Å². The zero-order valence-corrected chi connectivity index (χ0v) is 12.8. The lowest BCUT2D eigenvalue weighted by Gasteiger charge is -2.19. The van der Waals surface area contributed by atoms with E-state index in [1.54, 1.807) is 0 Å². The molecule has 0 amide bonds. The molecular formula is C19H25N. The summed E-state index contributed by atoms with van der Waals surface area (Å²) in [5, 5.41) is 0. The van der Waals surface area contributed by atoms with E-state index in [-0.39, 0.29) is 5.41 Å². The molecular weight excluding hydrogens is 242 g/mol. The highest BCUT2D eigenvalue weighted by atomic mass is 14.5. The number of hydrogen-bond acceptors (Lipinski definition) is 1. The van der Waals surface area contributed by atoms with E-state index >= 15 is 0 Å². The Morgan fingerprint density at radius 3 is 2.00 bits per heavy atom. The molecule has 0 atom stereocenters. The first-order chi connectivity index (χ1) is 9.50. The maximum absolute atomic E-state index is 5.69. The van der Waals surface area contributed by atoms with Crippen molar-refractivity contribution in [3.63, 3.8) is 0 Å². The maximum Gasteiger partial charge on any atom is -0.00230 e. The quantitative estimate of drug-likeness (QED) is 0.887. The molecule has 2 aromatic carbocycles. The van der Waals surface area contributed by atoms with Crippen LogP contribution in [0, 0.1) is 0 Å². The molecule has 0 bridgehead atoms. The Kier molecular flexibility index (Phi) is 4.61. The van der Waals surface area contributed by atoms with Gasteiger partial charge in [0.15, 0.2) is 0 Å². The topological polar surface area (TPSA) is 26.0 Å². The lowest BCUT2D eigenvalue weighted by molar-refractivity contribution is 0.590. The third kappa shape index (κ3) is 3.71. The molecule has 20 heavy (non-hydrogen) atoms. The number of benzene rings is 2. The van der Waals surface area contributed by atoms with Crippen LogP contribution in [0.1, 0.15) is 43.0 Å². The first-order valence-corrected chi connectivity index (χ1v) is 7.37. The van der Waals surface area contributed by atoms with Gasteiger partial charge in [0.05, 0.1) is 0 Å². The fourth-order valence-electron chi connectivity index (χ4n) is 2.47. The summed E-state index contributed by atoms with van der Waals surface area (Å²) in [6, 6.07) is 17.6. The standard InChI is InChI=1S/C19H25N/c1-19(2,3)18-10-8-15(9-11-18)14-17-7-5-4-6-16(17)12-13-20/h4-11H,12-14,20H2,1-3H3. The minimum Gasteiger partial charge on any atom is -0.330 e. The van der Waals surface area contributed by atoms with Gasteiger partial charge < -0.3 is 5.73 Å². The molecule has 1 heteroatoms. The van der Waals surface area contributed by atoms with Crippen molar-refractivity contribution < 1.29 is 0 Å². The van der Waals surface area contributed by atoms with Gasteiger partial charge in [-0.1, -0.05) is 69.3 Å². The smallest absolute Gasteiger partial charge is 0.00230 e. The number of nitrogens with two attached hydrogens (primary N) is 1. The van der Waals surface area contributed by atoms with Crippen molar-refractivity contribution in [2.45, 2.75) is 39.0 Å². The summed E-state index contributed by atoms with van der Waals surface area (Å²) in [7, 11) is 0. The van der Waals surface area contributed by atoms with Gasteiger partial charge in [-0.15, -0.1) is 0 Å². The zero-order chi connectivity index (χ0) is 14.6. The first kappa shape index (κ1) is 14.8. The van der Waals surface area contributed by atoms with Crippen LogP contribution in [0.25, 0.3) is 0 Å². The Labute approximate surface area is 122 Å². The molecule has 1 nitrogen and oxygen atoms in total. The van der Waals surface area contributed by atoms with Crippen LogP contribution in [0.4, 0.5) is 0 Å². The summed E-state index contributed by atoms with van der Waals surface area (Å²) in [5.41, 5.74) is 11.4. The summed E-state index contributed by atoms with van der Waals surface area (Å²) >= 11 is 0. The van der Waals surface area contributed by atoms with Gasteiger partial charge in [-0.05, 0) is 47.1 Å². The Morgan fingerprint density at radius 1 is 0.850 bits per heavy atom. The van der Waals surface area contributed by atoms with E-state index in [4.69, 9.17) is 5.73 Å². The fraction of sp³-hybridized carbons (Fsp3) is 0.368. The van der Waals surface area contributed by atoms with Gasteiger partial charge in [0.2, 0.25) is 0 Å². The van der Waals surface area contributed by atoms with Crippen LogP contribution in [0.3, 0.4) is 0 Å². The van der Waals surface area contributed by atoms with Crippen LogP contribution in [-0.4, -0.2) is 6.54 Å². The summed E-state index contributed by atoms with van der Waals surface area (Å²) < 4.78 is 0. The van der Waals surface area contributed by atoms with Crippen LogP contribution in [0.15, 0.2) is 48.5 Å².